The number of ether oxygens (including phenoxy) is 1. The van der Waals surface area contributed by atoms with Crippen LogP contribution >= 0.6 is 32.9 Å². The third-order valence-electron chi connectivity index (χ3n) is 3.31. The Kier molecular flexibility index (Phi) is 4.93. The summed E-state index contributed by atoms with van der Waals surface area (Å²) in [6, 6.07) is 12.9. The van der Waals surface area contributed by atoms with Crippen molar-refractivity contribution < 1.29 is 19.4 Å². The molecule has 0 fully saturated rings. The van der Waals surface area contributed by atoms with Crippen molar-refractivity contribution >= 4 is 50.5 Å². The lowest BCUT2D eigenvalue weighted by molar-refractivity contribution is 0.0668. The van der Waals surface area contributed by atoms with E-state index >= 15 is 0 Å². The summed E-state index contributed by atoms with van der Waals surface area (Å²) in [7, 11) is 3.10. The summed E-state index contributed by atoms with van der Waals surface area (Å²) in [6.45, 7) is 0. The van der Waals surface area contributed by atoms with E-state index in [2.05, 4.69) is 0 Å². The number of carbonyl (C=O) groups is 2. The van der Waals surface area contributed by atoms with Gasteiger partial charge in [0.25, 0.3) is 0 Å². The van der Waals surface area contributed by atoms with Crippen LogP contribution in [-0.2, 0) is 0 Å². The van der Waals surface area contributed by atoms with Gasteiger partial charge in [0.2, 0.25) is 0 Å². The summed E-state index contributed by atoms with van der Waals surface area (Å²) in [5.41, 5.74) is 6.55. The molecular formula is C17H11NO4S3. The van der Waals surface area contributed by atoms with E-state index in [-0.39, 0.29) is 16.8 Å². The maximum Gasteiger partial charge on any atom is 0.344 e. The molecule has 3 N–H and O–H groups in total. The summed E-state index contributed by atoms with van der Waals surface area (Å²) in [5.74, 6) is -1.68. The number of hydrogen-bond donors (Lipinski definition) is 2. The monoisotopic (exact) mass is 389 g/mol. The van der Waals surface area contributed by atoms with Crippen LogP contribution in [0.4, 0.5) is 5.69 Å². The lowest BCUT2D eigenvalue weighted by Crippen LogP contribution is -2.14. The average molecular weight is 389 g/mol. The van der Waals surface area contributed by atoms with Crippen LogP contribution in [0.5, 0.6) is 5.75 Å². The first-order valence-electron chi connectivity index (χ1n) is 6.99. The molecule has 5 nitrogen and oxygen atoms in total. The second-order valence-electron chi connectivity index (χ2n) is 5.02. The van der Waals surface area contributed by atoms with Crippen molar-refractivity contribution in [2.45, 2.75) is 0 Å². The first-order valence-corrected chi connectivity index (χ1v) is 9.55. The fourth-order valence-corrected chi connectivity index (χ4v) is 4.54. The molecule has 0 bridgehead atoms. The summed E-state index contributed by atoms with van der Waals surface area (Å²) in [4.78, 5) is 24.6. The molecule has 0 saturated carbocycles. The number of aromatic carboxylic acids is 1. The van der Waals surface area contributed by atoms with Gasteiger partial charge in [-0.1, -0.05) is 32.9 Å². The molecule has 1 aromatic heterocycles. The topological polar surface area (TPSA) is 89.6 Å². The number of rotatable bonds is 4. The average Bonchev–Trinajstić information content (AvgIpc) is 3.01. The van der Waals surface area contributed by atoms with E-state index in [0.717, 1.165) is 14.3 Å². The molecule has 25 heavy (non-hydrogen) atoms. The zero-order valence-corrected chi connectivity index (χ0v) is 15.0. The minimum Gasteiger partial charge on any atom is -0.478 e. The number of carboxylic acids is 1. The number of benzene rings is 2. The summed E-state index contributed by atoms with van der Waals surface area (Å²) < 4.78 is 6.09. The highest BCUT2D eigenvalue weighted by atomic mass is 32.9. The van der Waals surface area contributed by atoms with Crippen molar-refractivity contribution in [3.8, 4) is 16.2 Å². The Balaban J connectivity index is 1.82. The van der Waals surface area contributed by atoms with E-state index < -0.39 is 11.9 Å². The maximum atomic E-state index is 12.3. The molecule has 0 saturated heterocycles. The molecule has 0 amide bonds. The van der Waals surface area contributed by atoms with Gasteiger partial charge in [-0.15, -0.1) is 0 Å². The predicted octanol–water partition coefficient (Wildman–Crippen LogP) is 4.71. The predicted molar refractivity (Wildman–Crippen MR) is 101 cm³/mol. The number of carbonyl (C=O) groups excluding carboxylic acids is 1. The van der Waals surface area contributed by atoms with Gasteiger partial charge in [0, 0.05) is 10.6 Å². The highest BCUT2D eigenvalue weighted by Gasteiger charge is 2.18. The minimum atomic E-state index is -1.24. The van der Waals surface area contributed by atoms with Crippen molar-refractivity contribution in [3.05, 3.63) is 63.5 Å². The van der Waals surface area contributed by atoms with Gasteiger partial charge in [-0.2, -0.15) is 0 Å². The van der Waals surface area contributed by atoms with Gasteiger partial charge >= 0.3 is 11.9 Å². The Hall–Kier alpha value is -2.55. The molecular weight excluding hydrogens is 378 g/mol. The third-order valence-corrected chi connectivity index (χ3v) is 6.22. The molecule has 1 heterocycles. The standard InChI is InChI=1S/C17H11NO4S3/c18-10-3-6-12(13(7-10)16(19)20)17(21)22-11-4-1-9(2-5-11)14-8-15(23)25-24-14/h1-8H,18H2,(H,19,20). The van der Waals surface area contributed by atoms with Crippen LogP contribution in [0, 0.1) is 3.82 Å². The van der Waals surface area contributed by atoms with Gasteiger partial charge in [0.05, 0.1) is 11.1 Å². The fraction of sp³-hybridized carbons (Fsp3) is 0. The number of nitrogens with two attached hydrogens (primary N) is 1. The molecule has 0 aliphatic rings. The SMILES string of the molecule is Nc1ccc(C(=O)Oc2ccc(-c3cc(=S)ss3)cc2)c(C(=O)O)c1. The minimum absolute atomic E-state index is 0.0541. The Morgan fingerprint density at radius 3 is 2.32 bits per heavy atom. The van der Waals surface area contributed by atoms with E-state index in [1.807, 2.05) is 18.2 Å². The van der Waals surface area contributed by atoms with Gasteiger partial charge in [-0.05, 0) is 54.1 Å². The van der Waals surface area contributed by atoms with E-state index in [9.17, 15) is 14.7 Å². The smallest absolute Gasteiger partial charge is 0.344 e. The molecule has 2 aromatic carbocycles. The van der Waals surface area contributed by atoms with Crippen LogP contribution in [0.3, 0.4) is 0 Å². The van der Waals surface area contributed by atoms with Gasteiger partial charge in [0.15, 0.2) is 0 Å². The highest BCUT2D eigenvalue weighted by Crippen LogP contribution is 2.30. The first-order chi connectivity index (χ1) is 11.9. The zero-order valence-electron chi connectivity index (χ0n) is 12.6. The van der Waals surface area contributed by atoms with Gasteiger partial charge in [-0.25, -0.2) is 9.59 Å². The van der Waals surface area contributed by atoms with Crippen LogP contribution in [0.25, 0.3) is 10.4 Å². The third kappa shape index (κ3) is 3.93. The molecule has 0 atom stereocenters. The summed E-state index contributed by atoms with van der Waals surface area (Å²) in [5, 5.41) is 9.20. The Morgan fingerprint density at radius 1 is 1.00 bits per heavy atom. The number of esters is 1. The van der Waals surface area contributed by atoms with Gasteiger partial charge in [0.1, 0.15) is 9.57 Å². The molecule has 0 aliphatic heterocycles. The molecule has 8 heteroatoms. The largest absolute Gasteiger partial charge is 0.478 e. The van der Waals surface area contributed by atoms with Crippen LogP contribution in [0.15, 0.2) is 48.5 Å². The molecule has 0 unspecified atom stereocenters. The molecule has 0 aliphatic carbocycles. The number of nitrogen functional groups attached to an aromatic ring is 1. The highest BCUT2D eigenvalue weighted by molar-refractivity contribution is 7.80. The van der Waals surface area contributed by atoms with Crippen LogP contribution in [-0.4, -0.2) is 17.0 Å². The van der Waals surface area contributed by atoms with Crippen molar-refractivity contribution in [2.24, 2.45) is 0 Å². The second-order valence-corrected chi connectivity index (χ2v) is 7.93. The zero-order chi connectivity index (χ0) is 18.0. The normalized spacial score (nSPS) is 10.4. The molecule has 0 radical (unpaired) electrons. The Bertz CT molecular complexity index is 1010. The molecule has 3 aromatic rings. The lowest BCUT2D eigenvalue weighted by atomic mass is 10.1. The number of carboxylic acid groups (broad SMARTS) is 1. The number of anilines is 1. The van der Waals surface area contributed by atoms with E-state index in [1.54, 1.807) is 22.5 Å². The van der Waals surface area contributed by atoms with E-state index in [1.165, 1.54) is 28.5 Å². The Morgan fingerprint density at radius 2 is 1.72 bits per heavy atom. The maximum absolute atomic E-state index is 12.3. The van der Waals surface area contributed by atoms with Crippen LogP contribution in [0.1, 0.15) is 20.7 Å². The fourth-order valence-electron chi connectivity index (χ4n) is 2.14. The first kappa shape index (κ1) is 17.3. The van der Waals surface area contributed by atoms with Crippen molar-refractivity contribution in [1.82, 2.24) is 0 Å². The lowest BCUT2D eigenvalue weighted by Gasteiger charge is -2.08. The Labute approximate surface area is 155 Å². The van der Waals surface area contributed by atoms with Crippen molar-refractivity contribution in [2.75, 3.05) is 5.73 Å². The van der Waals surface area contributed by atoms with Gasteiger partial charge < -0.3 is 15.6 Å². The van der Waals surface area contributed by atoms with Crippen molar-refractivity contribution in [1.29, 1.82) is 0 Å². The molecule has 3 rings (SSSR count). The van der Waals surface area contributed by atoms with Crippen LogP contribution in [0.2, 0.25) is 0 Å². The van der Waals surface area contributed by atoms with Gasteiger partial charge in [-0.3, -0.25) is 0 Å². The van der Waals surface area contributed by atoms with Crippen molar-refractivity contribution in [3.63, 3.8) is 0 Å². The molecule has 0 spiro atoms. The quantitative estimate of drug-likeness (QED) is 0.221. The molecule has 126 valence electrons. The second kappa shape index (κ2) is 7.14. The van der Waals surface area contributed by atoms with E-state index in [4.69, 9.17) is 22.7 Å². The summed E-state index contributed by atoms with van der Waals surface area (Å²) >= 11 is 5.11. The van der Waals surface area contributed by atoms with E-state index in [0.29, 0.717) is 5.75 Å². The number of hydrogen-bond acceptors (Lipinski definition) is 7. The van der Waals surface area contributed by atoms with Crippen LogP contribution < -0.4 is 10.5 Å². The summed E-state index contributed by atoms with van der Waals surface area (Å²) in [6.07, 6.45) is 0.